The topological polar surface area (TPSA) is 59.3 Å². The Bertz CT molecular complexity index is 633. The summed E-state index contributed by atoms with van der Waals surface area (Å²) in [6.07, 6.45) is 0. The van der Waals surface area contributed by atoms with Crippen LogP contribution < -0.4 is 10.1 Å². The van der Waals surface area contributed by atoms with E-state index in [-0.39, 0.29) is 0 Å². The maximum absolute atomic E-state index is 9.96. The first-order valence-electron chi connectivity index (χ1n) is 6.55. The molecule has 1 aromatic carbocycles. The van der Waals surface area contributed by atoms with Crippen LogP contribution >= 0.6 is 0 Å². The van der Waals surface area contributed by atoms with Crippen LogP contribution in [-0.2, 0) is 13.6 Å². The third kappa shape index (κ3) is 2.43. The van der Waals surface area contributed by atoms with Crippen LogP contribution in [0.15, 0.2) is 12.1 Å². The Labute approximate surface area is 119 Å². The highest BCUT2D eigenvalue weighted by Crippen LogP contribution is 2.29. The largest absolute Gasteiger partial charge is 0.507 e. The molecule has 1 heterocycles. The summed E-state index contributed by atoms with van der Waals surface area (Å²) in [6.45, 7) is 6.35. The summed E-state index contributed by atoms with van der Waals surface area (Å²) in [6, 6.07) is 3.88. The molecule has 1 aromatic heterocycles. The predicted octanol–water partition coefficient (Wildman–Crippen LogP) is 2.67. The van der Waals surface area contributed by atoms with E-state index in [1.54, 1.807) is 11.8 Å². The lowest BCUT2D eigenvalue weighted by Crippen LogP contribution is -2.04. The zero-order valence-corrected chi connectivity index (χ0v) is 12.6. The molecule has 0 aliphatic rings. The van der Waals surface area contributed by atoms with E-state index in [1.807, 2.05) is 40.0 Å². The zero-order valence-electron chi connectivity index (χ0n) is 12.6. The molecule has 0 aliphatic heterocycles. The first-order valence-corrected chi connectivity index (χ1v) is 6.55. The molecule has 0 unspecified atom stereocenters. The number of phenols is 1. The fourth-order valence-corrected chi connectivity index (χ4v) is 2.35. The number of rotatable bonds is 4. The van der Waals surface area contributed by atoms with Crippen molar-refractivity contribution >= 4 is 5.69 Å². The SMILES string of the molecule is COc1c(CNc2ccc(C)c(O)c2C)c(C)nn1C. The molecule has 0 fully saturated rings. The lowest BCUT2D eigenvalue weighted by atomic mass is 10.1. The minimum absolute atomic E-state index is 0.338. The summed E-state index contributed by atoms with van der Waals surface area (Å²) >= 11 is 0. The van der Waals surface area contributed by atoms with E-state index in [0.29, 0.717) is 12.3 Å². The Morgan fingerprint density at radius 1 is 1.30 bits per heavy atom. The molecule has 108 valence electrons. The summed E-state index contributed by atoms with van der Waals surface area (Å²) in [5.41, 5.74) is 4.60. The monoisotopic (exact) mass is 275 g/mol. The Morgan fingerprint density at radius 3 is 2.65 bits per heavy atom. The average molecular weight is 275 g/mol. The smallest absolute Gasteiger partial charge is 0.216 e. The number of ether oxygens (including phenoxy) is 1. The highest BCUT2D eigenvalue weighted by Gasteiger charge is 2.14. The molecule has 20 heavy (non-hydrogen) atoms. The zero-order chi connectivity index (χ0) is 14.9. The lowest BCUT2D eigenvalue weighted by molar-refractivity contribution is 0.370. The van der Waals surface area contributed by atoms with Crippen LogP contribution in [0.25, 0.3) is 0 Å². The maximum Gasteiger partial charge on any atom is 0.216 e. The van der Waals surface area contributed by atoms with Gasteiger partial charge < -0.3 is 15.2 Å². The summed E-state index contributed by atoms with van der Waals surface area (Å²) < 4.78 is 7.10. The van der Waals surface area contributed by atoms with E-state index < -0.39 is 0 Å². The van der Waals surface area contributed by atoms with Gasteiger partial charge in [0.15, 0.2) is 0 Å². The molecule has 2 aromatic rings. The van der Waals surface area contributed by atoms with Gasteiger partial charge in [-0.05, 0) is 32.4 Å². The van der Waals surface area contributed by atoms with Crippen molar-refractivity contribution in [1.82, 2.24) is 9.78 Å². The van der Waals surface area contributed by atoms with Crippen LogP contribution in [0.5, 0.6) is 11.6 Å². The van der Waals surface area contributed by atoms with Crippen LogP contribution in [0.2, 0.25) is 0 Å². The van der Waals surface area contributed by atoms with E-state index in [1.165, 1.54) is 0 Å². The third-order valence-electron chi connectivity index (χ3n) is 3.57. The van der Waals surface area contributed by atoms with Crippen molar-refractivity contribution in [3.63, 3.8) is 0 Å². The van der Waals surface area contributed by atoms with E-state index in [9.17, 15) is 5.11 Å². The van der Waals surface area contributed by atoms with Gasteiger partial charge in [0.2, 0.25) is 5.88 Å². The van der Waals surface area contributed by atoms with Crippen molar-refractivity contribution in [1.29, 1.82) is 0 Å². The number of aromatic nitrogens is 2. The molecule has 0 amide bonds. The molecular formula is C15H21N3O2. The molecule has 5 nitrogen and oxygen atoms in total. The molecule has 0 bridgehead atoms. The Hall–Kier alpha value is -2.17. The molecular weight excluding hydrogens is 254 g/mol. The number of nitrogens with one attached hydrogen (secondary N) is 1. The first-order chi connectivity index (χ1) is 9.45. The minimum atomic E-state index is 0.338. The number of benzene rings is 1. The molecule has 0 radical (unpaired) electrons. The van der Waals surface area contributed by atoms with Crippen molar-refractivity contribution < 1.29 is 9.84 Å². The minimum Gasteiger partial charge on any atom is -0.507 e. The number of aryl methyl sites for hydroxylation is 3. The van der Waals surface area contributed by atoms with Gasteiger partial charge in [0.05, 0.1) is 18.4 Å². The first kappa shape index (κ1) is 14.2. The summed E-state index contributed by atoms with van der Waals surface area (Å²) in [7, 11) is 3.50. The van der Waals surface area contributed by atoms with Crippen LogP contribution in [0, 0.1) is 20.8 Å². The van der Waals surface area contributed by atoms with Crippen LogP contribution in [0.1, 0.15) is 22.4 Å². The van der Waals surface area contributed by atoms with Crippen molar-refractivity contribution in [2.45, 2.75) is 27.3 Å². The molecule has 0 atom stereocenters. The average Bonchev–Trinajstić information content (AvgIpc) is 2.69. The van der Waals surface area contributed by atoms with Gasteiger partial charge in [-0.1, -0.05) is 6.07 Å². The molecule has 0 aliphatic carbocycles. The molecule has 2 rings (SSSR count). The number of aromatic hydroxyl groups is 1. The van der Waals surface area contributed by atoms with Crippen LogP contribution in [-0.4, -0.2) is 22.0 Å². The van der Waals surface area contributed by atoms with E-state index in [2.05, 4.69) is 10.4 Å². The predicted molar refractivity (Wildman–Crippen MR) is 79.4 cm³/mol. The fourth-order valence-electron chi connectivity index (χ4n) is 2.35. The third-order valence-corrected chi connectivity index (χ3v) is 3.57. The summed E-state index contributed by atoms with van der Waals surface area (Å²) in [5, 5.41) is 17.6. The Morgan fingerprint density at radius 2 is 2.00 bits per heavy atom. The number of nitrogens with zero attached hydrogens (tertiary/aromatic N) is 2. The second-order valence-corrected chi connectivity index (χ2v) is 4.95. The van der Waals surface area contributed by atoms with Crippen molar-refractivity contribution in [3.05, 3.63) is 34.5 Å². The molecule has 2 N–H and O–H groups in total. The van der Waals surface area contributed by atoms with Crippen molar-refractivity contribution in [2.24, 2.45) is 7.05 Å². The number of anilines is 1. The highest BCUT2D eigenvalue weighted by molar-refractivity contribution is 5.59. The molecule has 0 saturated carbocycles. The van der Waals surface area contributed by atoms with Gasteiger partial charge in [0.1, 0.15) is 5.75 Å². The van der Waals surface area contributed by atoms with Gasteiger partial charge in [-0.2, -0.15) is 5.10 Å². The van der Waals surface area contributed by atoms with E-state index in [0.717, 1.165) is 34.0 Å². The van der Waals surface area contributed by atoms with Gasteiger partial charge in [-0.15, -0.1) is 0 Å². The van der Waals surface area contributed by atoms with Crippen LogP contribution in [0.4, 0.5) is 5.69 Å². The second kappa shape index (κ2) is 5.45. The number of hydrogen-bond donors (Lipinski definition) is 2. The number of phenolic OH excluding ortho intramolecular Hbond substituents is 1. The number of methoxy groups -OCH3 is 1. The quantitative estimate of drug-likeness (QED) is 0.900. The summed E-state index contributed by atoms with van der Waals surface area (Å²) in [5.74, 6) is 1.09. The highest BCUT2D eigenvalue weighted by atomic mass is 16.5. The maximum atomic E-state index is 9.96. The molecule has 0 saturated heterocycles. The Balaban J connectivity index is 2.24. The number of hydrogen-bond acceptors (Lipinski definition) is 4. The standard InChI is InChI=1S/C15H21N3O2/c1-9-6-7-13(10(2)14(9)19)16-8-12-11(3)17-18(4)15(12)20-5/h6-7,16,19H,8H2,1-5H3. The van der Waals surface area contributed by atoms with Gasteiger partial charge in [0.25, 0.3) is 0 Å². The normalized spacial score (nSPS) is 10.7. The molecule has 0 spiro atoms. The van der Waals surface area contributed by atoms with Crippen LogP contribution in [0.3, 0.4) is 0 Å². The van der Waals surface area contributed by atoms with E-state index >= 15 is 0 Å². The second-order valence-electron chi connectivity index (χ2n) is 4.95. The van der Waals surface area contributed by atoms with Crippen molar-refractivity contribution in [2.75, 3.05) is 12.4 Å². The van der Waals surface area contributed by atoms with Gasteiger partial charge >= 0.3 is 0 Å². The van der Waals surface area contributed by atoms with Gasteiger partial charge in [0, 0.05) is 24.8 Å². The lowest BCUT2D eigenvalue weighted by Gasteiger charge is -2.13. The Kier molecular flexibility index (Phi) is 3.88. The van der Waals surface area contributed by atoms with Gasteiger partial charge in [-0.25, -0.2) is 4.68 Å². The van der Waals surface area contributed by atoms with Gasteiger partial charge in [-0.3, -0.25) is 0 Å². The molecule has 5 heteroatoms. The van der Waals surface area contributed by atoms with Crippen molar-refractivity contribution in [3.8, 4) is 11.6 Å². The fraction of sp³-hybridized carbons (Fsp3) is 0.400. The summed E-state index contributed by atoms with van der Waals surface area (Å²) in [4.78, 5) is 0. The van der Waals surface area contributed by atoms with E-state index in [4.69, 9.17) is 4.74 Å².